The number of nitrogens with zero attached hydrogens (tertiary/aromatic N) is 3. The van der Waals surface area contributed by atoms with Gasteiger partial charge in [0.05, 0.1) is 18.2 Å². The van der Waals surface area contributed by atoms with Gasteiger partial charge in [-0.2, -0.15) is 18.2 Å². The number of nitrogens with one attached hydrogen (secondary N) is 2. The lowest BCUT2D eigenvalue weighted by atomic mass is 9.69. The lowest BCUT2D eigenvalue weighted by molar-refractivity contribution is -0.237. The fourth-order valence-corrected chi connectivity index (χ4v) is 5.67. The Kier molecular flexibility index (Phi) is 4.06. The third-order valence-corrected chi connectivity index (χ3v) is 7.02. The summed E-state index contributed by atoms with van der Waals surface area (Å²) in [7, 11) is 0. The van der Waals surface area contributed by atoms with Crippen molar-refractivity contribution in [3.05, 3.63) is 40.7 Å². The highest BCUT2D eigenvalue weighted by atomic mass is 19.4. The number of benzene rings is 1. The molecule has 3 aliphatic heterocycles. The van der Waals surface area contributed by atoms with Gasteiger partial charge in [-0.25, -0.2) is 9.18 Å². The molecule has 0 saturated carbocycles. The number of aryl methyl sites for hydroxylation is 1. The Balaban J connectivity index is 1.57. The number of hydrogen-bond acceptors (Lipinski definition) is 7. The minimum atomic E-state index is -4.69. The molecule has 178 valence electrons. The van der Waals surface area contributed by atoms with Crippen LogP contribution in [0.15, 0.2) is 27.9 Å². The second kappa shape index (κ2) is 6.56. The highest BCUT2D eigenvalue weighted by Gasteiger charge is 2.67. The van der Waals surface area contributed by atoms with Crippen molar-refractivity contribution in [2.75, 3.05) is 11.4 Å². The molecule has 1 aromatic heterocycles. The van der Waals surface area contributed by atoms with E-state index in [-0.39, 0.29) is 35.1 Å². The van der Waals surface area contributed by atoms with Crippen molar-refractivity contribution in [1.29, 1.82) is 0 Å². The number of hydrogen-bond donors (Lipinski definition) is 2. The smallest absolute Gasteiger partial charge is 0.361 e. The monoisotopic (exact) mass is 479 g/mol. The summed E-state index contributed by atoms with van der Waals surface area (Å²) in [6.07, 6.45) is -7.99. The van der Waals surface area contributed by atoms with Crippen LogP contribution in [0.3, 0.4) is 0 Å². The summed E-state index contributed by atoms with van der Waals surface area (Å²) in [4.78, 5) is 30.8. The minimum Gasteiger partial charge on any atom is -0.361 e. The molecule has 2 N–H and O–H groups in total. The number of halogens is 4. The number of carbonyl (C=O) groups is 2. The molecule has 2 fully saturated rings. The molecule has 1 aromatic carbocycles. The van der Waals surface area contributed by atoms with Crippen LogP contribution in [0.4, 0.5) is 28.0 Å². The molecule has 3 amide bonds. The summed E-state index contributed by atoms with van der Waals surface area (Å²) in [5.74, 6) is -1.21. The molecule has 4 aliphatic rings. The zero-order chi connectivity index (χ0) is 24.2. The van der Waals surface area contributed by atoms with Gasteiger partial charge >= 0.3 is 12.2 Å². The predicted octanol–water partition coefficient (Wildman–Crippen LogP) is 2.36. The van der Waals surface area contributed by atoms with E-state index in [1.54, 1.807) is 0 Å². The Hall–Kier alpha value is -3.48. The van der Waals surface area contributed by atoms with Crippen molar-refractivity contribution >= 4 is 17.6 Å². The Bertz CT molecular complexity index is 1300. The molecule has 9 nitrogen and oxygen atoms in total. The average Bonchev–Trinajstić information content (AvgIpc) is 3.29. The van der Waals surface area contributed by atoms with Gasteiger partial charge in [-0.3, -0.25) is 10.1 Å². The third-order valence-electron chi connectivity index (χ3n) is 7.02. The number of ether oxygens (including phenoxy) is 1. The van der Waals surface area contributed by atoms with Gasteiger partial charge in [0.1, 0.15) is 17.3 Å². The van der Waals surface area contributed by atoms with E-state index in [1.165, 1.54) is 24.8 Å². The number of urea groups is 1. The van der Waals surface area contributed by atoms with Gasteiger partial charge in [-0.15, -0.1) is 0 Å². The fourth-order valence-electron chi connectivity index (χ4n) is 5.67. The standard InChI is InChI=1S/C21H17F4N5O4/c1-7-14-16-20(15(7)27-19(32)28-18(20)31)5-9-3-10(17-26-8(2)34-29-17)11(22)4-12(9)30(16)6-13(33-14)21(23,24)25/h3-4,13-14,16H,5-6H2,1-2H3,(H2,27,28,31,32)/t13-,14-,16+,20-/m0/s1. The number of amides is 3. The highest BCUT2D eigenvalue weighted by molar-refractivity contribution is 6.05. The molecule has 6 rings (SSSR count). The second-order valence-electron chi connectivity index (χ2n) is 8.90. The average molecular weight is 479 g/mol. The van der Waals surface area contributed by atoms with E-state index in [0.717, 1.165) is 6.07 Å². The topological polar surface area (TPSA) is 110 Å². The van der Waals surface area contributed by atoms with Crippen LogP contribution in [-0.2, 0) is 16.0 Å². The van der Waals surface area contributed by atoms with E-state index in [2.05, 4.69) is 20.8 Å². The van der Waals surface area contributed by atoms with Gasteiger partial charge in [-0.1, -0.05) is 5.16 Å². The van der Waals surface area contributed by atoms with E-state index in [9.17, 15) is 22.8 Å². The molecule has 1 spiro atoms. The molecule has 2 aromatic rings. The van der Waals surface area contributed by atoms with Crippen LogP contribution in [0.5, 0.6) is 0 Å². The highest BCUT2D eigenvalue weighted by Crippen LogP contribution is 2.57. The second-order valence-corrected chi connectivity index (χ2v) is 8.90. The first-order valence-corrected chi connectivity index (χ1v) is 10.5. The van der Waals surface area contributed by atoms with E-state index in [1.807, 2.05) is 0 Å². The quantitative estimate of drug-likeness (QED) is 0.605. The fraction of sp³-hybridized carbons (Fsp3) is 0.429. The summed E-state index contributed by atoms with van der Waals surface area (Å²) >= 11 is 0. The van der Waals surface area contributed by atoms with Gasteiger partial charge in [0.2, 0.25) is 17.6 Å². The van der Waals surface area contributed by atoms with Crippen LogP contribution >= 0.6 is 0 Å². The van der Waals surface area contributed by atoms with Crippen LogP contribution in [0.25, 0.3) is 11.4 Å². The number of carbonyl (C=O) groups excluding carboxylic acids is 2. The molecule has 4 heterocycles. The van der Waals surface area contributed by atoms with Crippen molar-refractivity contribution in [3.8, 4) is 11.4 Å². The van der Waals surface area contributed by atoms with Crippen LogP contribution in [0, 0.1) is 18.2 Å². The maximum atomic E-state index is 15.2. The van der Waals surface area contributed by atoms with Gasteiger partial charge in [0.25, 0.3) is 0 Å². The van der Waals surface area contributed by atoms with E-state index in [4.69, 9.17) is 9.26 Å². The zero-order valence-corrected chi connectivity index (χ0v) is 17.8. The lowest BCUT2D eigenvalue weighted by Gasteiger charge is -2.54. The third kappa shape index (κ3) is 2.64. The number of anilines is 1. The molecular formula is C21H17F4N5O4. The normalized spacial score (nSPS) is 29.9. The first-order valence-electron chi connectivity index (χ1n) is 10.5. The lowest BCUT2D eigenvalue weighted by Crippen LogP contribution is -2.70. The van der Waals surface area contributed by atoms with E-state index in [0.29, 0.717) is 11.1 Å². The first kappa shape index (κ1) is 21.1. The number of morpholine rings is 1. The van der Waals surface area contributed by atoms with E-state index < -0.39 is 54.1 Å². The van der Waals surface area contributed by atoms with Gasteiger partial charge in [-0.05, 0) is 36.6 Å². The van der Waals surface area contributed by atoms with Crippen molar-refractivity contribution in [2.24, 2.45) is 5.41 Å². The van der Waals surface area contributed by atoms with E-state index >= 15 is 4.39 Å². The Labute approximate surface area is 189 Å². The van der Waals surface area contributed by atoms with Gasteiger partial charge in [0, 0.05) is 18.3 Å². The molecular weight excluding hydrogens is 462 g/mol. The summed E-state index contributed by atoms with van der Waals surface area (Å²) in [5.41, 5.74) is -0.253. The summed E-state index contributed by atoms with van der Waals surface area (Å²) < 4.78 is 66.9. The van der Waals surface area contributed by atoms with Crippen LogP contribution in [-0.4, -0.2) is 53.0 Å². The van der Waals surface area contributed by atoms with Crippen molar-refractivity contribution in [1.82, 2.24) is 20.8 Å². The minimum absolute atomic E-state index is 0.00292. The largest absolute Gasteiger partial charge is 0.416 e. The number of aromatic nitrogens is 2. The molecule has 0 bridgehead atoms. The molecule has 13 heteroatoms. The number of alkyl halides is 3. The molecule has 34 heavy (non-hydrogen) atoms. The molecule has 2 saturated heterocycles. The van der Waals surface area contributed by atoms with Crippen molar-refractivity contribution in [2.45, 2.75) is 44.7 Å². The van der Waals surface area contributed by atoms with Gasteiger partial charge < -0.3 is 19.5 Å². The SMILES string of the molecule is CC1=C2NC(=O)NC(=O)[C@@]23Cc2cc(-c4noc(C)n4)c(F)cc2N2C[C@@H](C(F)(F)F)O[C@@H]1[C@@H]23. The first-order chi connectivity index (χ1) is 16.0. The number of imide groups is 1. The van der Waals surface area contributed by atoms with Crippen LogP contribution < -0.4 is 15.5 Å². The molecule has 1 aliphatic carbocycles. The number of fused-ring (bicyclic) bond motifs is 2. The molecule has 4 atom stereocenters. The summed E-state index contributed by atoms with van der Waals surface area (Å²) in [5, 5.41) is 8.59. The predicted molar refractivity (Wildman–Crippen MR) is 106 cm³/mol. The maximum Gasteiger partial charge on any atom is 0.416 e. The van der Waals surface area contributed by atoms with Crippen molar-refractivity contribution < 1.29 is 36.4 Å². The summed E-state index contributed by atoms with van der Waals surface area (Å²) in [6, 6.07) is 0.885. The maximum absolute atomic E-state index is 15.2. The number of rotatable bonds is 1. The van der Waals surface area contributed by atoms with Crippen LogP contribution in [0.2, 0.25) is 0 Å². The summed E-state index contributed by atoms with van der Waals surface area (Å²) in [6.45, 7) is 2.44. The van der Waals surface area contributed by atoms with Crippen LogP contribution in [0.1, 0.15) is 18.4 Å². The molecule has 0 unspecified atom stereocenters. The van der Waals surface area contributed by atoms with Gasteiger partial charge in [0.15, 0.2) is 6.10 Å². The van der Waals surface area contributed by atoms with Crippen molar-refractivity contribution in [3.63, 3.8) is 0 Å². The Morgan fingerprint density at radius 1 is 1.21 bits per heavy atom. The zero-order valence-electron chi connectivity index (χ0n) is 17.8. The Morgan fingerprint density at radius 2 is 1.97 bits per heavy atom. The molecule has 0 radical (unpaired) electrons. The Morgan fingerprint density at radius 3 is 2.65 bits per heavy atom.